The van der Waals surface area contributed by atoms with E-state index < -0.39 is 0 Å². The summed E-state index contributed by atoms with van der Waals surface area (Å²) in [6, 6.07) is 24.7. The molecule has 2 aromatic carbocycles. The predicted octanol–water partition coefficient (Wildman–Crippen LogP) is 6.34. The fraction of sp³-hybridized carbons (Fsp3) is 0.0741. The van der Waals surface area contributed by atoms with E-state index >= 15 is 0 Å². The highest BCUT2D eigenvalue weighted by Crippen LogP contribution is 2.35. The first kappa shape index (κ1) is 18.6. The third kappa shape index (κ3) is 2.94. The molecule has 0 fully saturated rings. The Morgan fingerprint density at radius 3 is 2.53 bits per heavy atom. The van der Waals surface area contributed by atoms with E-state index in [1.54, 1.807) is 12.3 Å². The standard InChI is InChI=1S/C27H19FN4/c1-16-17-12-13-24(23-10-4-5-14-29-23)32-26(17)27(30-16)25-15-20-18(8-6-11-22(20)31-25)19-7-2-3-9-21(19)28/h2-16,31H,1H3/t16-/m0/s1. The SMILES string of the molecule is C[C@@H]1N=C(c2cc3c(-c4ccccc4F)cccc3[nH]2)c2nc(-c3ccccn3)ccc21. The van der Waals surface area contributed by atoms with E-state index in [9.17, 15) is 4.39 Å². The van der Waals surface area contributed by atoms with Gasteiger partial charge < -0.3 is 4.98 Å². The molecule has 4 heterocycles. The van der Waals surface area contributed by atoms with Gasteiger partial charge in [0.05, 0.1) is 28.8 Å². The number of pyridine rings is 2. The molecule has 6 rings (SSSR count). The molecule has 0 aliphatic carbocycles. The molecule has 0 unspecified atom stereocenters. The van der Waals surface area contributed by atoms with Gasteiger partial charge in [0.25, 0.3) is 0 Å². The molecule has 0 amide bonds. The molecule has 0 radical (unpaired) electrons. The van der Waals surface area contributed by atoms with Crippen molar-refractivity contribution in [2.45, 2.75) is 13.0 Å². The third-order valence-corrected chi connectivity index (χ3v) is 5.93. The number of halogens is 1. The van der Waals surface area contributed by atoms with Crippen molar-refractivity contribution in [2.75, 3.05) is 0 Å². The smallest absolute Gasteiger partial charge is 0.131 e. The fourth-order valence-corrected chi connectivity index (χ4v) is 4.37. The largest absolute Gasteiger partial charge is 0.353 e. The molecule has 0 spiro atoms. The van der Waals surface area contributed by atoms with Crippen molar-refractivity contribution in [2.24, 2.45) is 4.99 Å². The van der Waals surface area contributed by atoms with Gasteiger partial charge in [0, 0.05) is 28.2 Å². The van der Waals surface area contributed by atoms with E-state index in [1.807, 2.05) is 60.7 Å². The van der Waals surface area contributed by atoms with Gasteiger partial charge in [0.1, 0.15) is 11.5 Å². The number of aromatic nitrogens is 3. The summed E-state index contributed by atoms with van der Waals surface area (Å²) in [6.07, 6.45) is 1.77. The molecule has 1 aliphatic rings. The van der Waals surface area contributed by atoms with Gasteiger partial charge in [0.15, 0.2) is 0 Å². The zero-order chi connectivity index (χ0) is 21.7. The Bertz CT molecular complexity index is 1500. The van der Waals surface area contributed by atoms with Crippen LogP contribution in [0.25, 0.3) is 33.4 Å². The zero-order valence-corrected chi connectivity index (χ0v) is 17.4. The monoisotopic (exact) mass is 418 g/mol. The van der Waals surface area contributed by atoms with Crippen molar-refractivity contribution < 1.29 is 4.39 Å². The van der Waals surface area contributed by atoms with Crippen LogP contribution in [0.3, 0.4) is 0 Å². The molecule has 32 heavy (non-hydrogen) atoms. The third-order valence-electron chi connectivity index (χ3n) is 5.93. The Morgan fingerprint density at radius 1 is 0.844 bits per heavy atom. The predicted molar refractivity (Wildman–Crippen MR) is 125 cm³/mol. The minimum absolute atomic E-state index is 0.0164. The van der Waals surface area contributed by atoms with Crippen LogP contribution in [-0.2, 0) is 0 Å². The van der Waals surface area contributed by atoms with Crippen LogP contribution in [0.15, 0.2) is 90.1 Å². The first-order valence-electron chi connectivity index (χ1n) is 10.6. The lowest BCUT2D eigenvalue weighted by Crippen LogP contribution is -2.05. The lowest BCUT2D eigenvalue weighted by molar-refractivity contribution is 0.631. The van der Waals surface area contributed by atoms with Crippen LogP contribution in [-0.4, -0.2) is 20.7 Å². The normalized spacial score (nSPS) is 15.1. The number of aliphatic imine (C=N–C) groups is 1. The number of nitrogens with zero attached hydrogens (tertiary/aromatic N) is 3. The summed E-state index contributed by atoms with van der Waals surface area (Å²) in [5, 5.41) is 0.956. The van der Waals surface area contributed by atoms with Crippen LogP contribution in [0.1, 0.15) is 29.9 Å². The molecule has 4 nitrogen and oxygen atoms in total. The van der Waals surface area contributed by atoms with E-state index in [1.165, 1.54) is 6.07 Å². The molecule has 1 atom stereocenters. The summed E-state index contributed by atoms with van der Waals surface area (Å²) in [5.74, 6) is -0.235. The van der Waals surface area contributed by atoms with E-state index in [2.05, 4.69) is 23.0 Å². The second-order valence-electron chi connectivity index (χ2n) is 7.93. The zero-order valence-electron chi connectivity index (χ0n) is 17.4. The molecule has 0 saturated heterocycles. The van der Waals surface area contributed by atoms with Crippen LogP contribution in [0.5, 0.6) is 0 Å². The Kier molecular flexibility index (Phi) is 4.21. The number of hydrogen-bond donors (Lipinski definition) is 1. The van der Waals surface area contributed by atoms with Crippen molar-refractivity contribution >= 4 is 16.6 Å². The van der Waals surface area contributed by atoms with Gasteiger partial charge in [0.2, 0.25) is 0 Å². The molecule has 5 heteroatoms. The van der Waals surface area contributed by atoms with Crippen LogP contribution < -0.4 is 0 Å². The summed E-state index contributed by atoms with van der Waals surface area (Å²) in [5.41, 5.74) is 7.66. The van der Waals surface area contributed by atoms with Gasteiger partial charge in [-0.25, -0.2) is 9.37 Å². The first-order valence-corrected chi connectivity index (χ1v) is 10.6. The molecule has 154 valence electrons. The number of rotatable bonds is 3. The van der Waals surface area contributed by atoms with Crippen LogP contribution in [0.4, 0.5) is 4.39 Å². The lowest BCUT2D eigenvalue weighted by Gasteiger charge is -2.06. The Morgan fingerprint density at radius 2 is 1.69 bits per heavy atom. The van der Waals surface area contributed by atoms with E-state index in [0.29, 0.717) is 5.56 Å². The first-order chi connectivity index (χ1) is 15.7. The maximum atomic E-state index is 14.5. The second kappa shape index (κ2) is 7.24. The number of fused-ring (bicyclic) bond motifs is 2. The highest BCUT2D eigenvalue weighted by Gasteiger charge is 2.26. The average Bonchev–Trinajstić information content (AvgIpc) is 3.41. The highest BCUT2D eigenvalue weighted by atomic mass is 19.1. The number of aromatic amines is 1. The summed E-state index contributed by atoms with van der Waals surface area (Å²) in [6.45, 7) is 2.07. The second-order valence-corrected chi connectivity index (χ2v) is 7.93. The van der Waals surface area contributed by atoms with Crippen molar-refractivity contribution in [1.29, 1.82) is 0 Å². The van der Waals surface area contributed by atoms with Gasteiger partial charge in [-0.1, -0.05) is 42.5 Å². The molecule has 1 N–H and O–H groups in total. The Balaban J connectivity index is 1.49. The maximum Gasteiger partial charge on any atom is 0.131 e. The van der Waals surface area contributed by atoms with Crippen LogP contribution >= 0.6 is 0 Å². The number of hydrogen-bond acceptors (Lipinski definition) is 3. The summed E-state index contributed by atoms with van der Waals surface area (Å²) >= 11 is 0. The van der Waals surface area contributed by atoms with E-state index in [0.717, 1.165) is 50.5 Å². The number of H-pyrrole nitrogens is 1. The molecular weight excluding hydrogens is 399 g/mol. The number of benzene rings is 2. The Labute approximate surface area is 184 Å². The lowest BCUT2D eigenvalue weighted by atomic mass is 10.0. The van der Waals surface area contributed by atoms with Gasteiger partial charge >= 0.3 is 0 Å². The molecule has 0 saturated carbocycles. The molecule has 5 aromatic rings. The quantitative estimate of drug-likeness (QED) is 0.371. The van der Waals surface area contributed by atoms with E-state index in [4.69, 9.17) is 9.98 Å². The van der Waals surface area contributed by atoms with Crippen molar-refractivity contribution in [3.63, 3.8) is 0 Å². The van der Waals surface area contributed by atoms with Crippen LogP contribution in [0, 0.1) is 5.82 Å². The van der Waals surface area contributed by atoms with Gasteiger partial charge in [-0.15, -0.1) is 0 Å². The highest BCUT2D eigenvalue weighted by molar-refractivity contribution is 6.16. The molecule has 3 aromatic heterocycles. The van der Waals surface area contributed by atoms with Crippen molar-refractivity contribution in [1.82, 2.24) is 15.0 Å². The summed E-state index contributed by atoms with van der Waals surface area (Å²) in [7, 11) is 0. The topological polar surface area (TPSA) is 53.9 Å². The van der Waals surface area contributed by atoms with Gasteiger partial charge in [-0.2, -0.15) is 0 Å². The molecular formula is C27H19FN4. The van der Waals surface area contributed by atoms with E-state index in [-0.39, 0.29) is 11.9 Å². The minimum Gasteiger partial charge on any atom is -0.353 e. The Hall–Kier alpha value is -4.12. The maximum absolute atomic E-state index is 14.5. The minimum atomic E-state index is -0.235. The number of nitrogens with one attached hydrogen (secondary N) is 1. The molecule has 0 bridgehead atoms. The fourth-order valence-electron chi connectivity index (χ4n) is 4.37. The van der Waals surface area contributed by atoms with Crippen LogP contribution in [0.2, 0.25) is 0 Å². The van der Waals surface area contributed by atoms with Gasteiger partial charge in [-0.3, -0.25) is 9.98 Å². The average molecular weight is 418 g/mol. The summed E-state index contributed by atoms with van der Waals surface area (Å²) < 4.78 is 14.5. The van der Waals surface area contributed by atoms with Crippen molar-refractivity contribution in [3.05, 3.63) is 108 Å². The van der Waals surface area contributed by atoms with Gasteiger partial charge in [-0.05, 0) is 48.9 Å². The summed E-state index contributed by atoms with van der Waals surface area (Å²) in [4.78, 5) is 17.7. The van der Waals surface area contributed by atoms with Crippen molar-refractivity contribution in [3.8, 4) is 22.5 Å². The molecule has 1 aliphatic heterocycles.